The Bertz CT molecular complexity index is 292. The summed E-state index contributed by atoms with van der Waals surface area (Å²) in [5.41, 5.74) is 5.68. The average Bonchev–Trinajstić information content (AvgIpc) is 2.27. The van der Waals surface area contributed by atoms with Gasteiger partial charge in [-0.05, 0) is 12.5 Å². The van der Waals surface area contributed by atoms with Gasteiger partial charge in [0.15, 0.2) is 0 Å². The van der Waals surface area contributed by atoms with Gasteiger partial charge in [-0.1, -0.05) is 0 Å². The summed E-state index contributed by atoms with van der Waals surface area (Å²) in [6.07, 6.45) is 2.51. The number of nitrogens with two attached hydrogens (primary N) is 1. The highest BCUT2D eigenvalue weighted by atomic mass is 16.7. The van der Waals surface area contributed by atoms with E-state index in [-0.39, 0.29) is 12.6 Å². The van der Waals surface area contributed by atoms with Crippen LogP contribution in [0.25, 0.3) is 0 Å². The SMILES string of the molecule is COC(=O)OCCCN1C(=O)NC=CC1N. The van der Waals surface area contributed by atoms with Crippen LogP contribution in [0, 0.1) is 0 Å². The number of rotatable bonds is 4. The third-order valence-electron chi connectivity index (χ3n) is 2.05. The Morgan fingerprint density at radius 3 is 3.06 bits per heavy atom. The van der Waals surface area contributed by atoms with Crippen LogP contribution in [0.1, 0.15) is 6.42 Å². The van der Waals surface area contributed by atoms with Gasteiger partial charge in [-0.2, -0.15) is 0 Å². The molecule has 3 N–H and O–H groups in total. The number of carbonyl (C=O) groups excluding carboxylic acids is 2. The lowest BCUT2D eigenvalue weighted by Crippen LogP contribution is -2.51. The normalized spacial score (nSPS) is 19.2. The lowest BCUT2D eigenvalue weighted by atomic mass is 10.3. The maximum absolute atomic E-state index is 11.3. The predicted octanol–water partition coefficient (Wildman–Crippen LogP) is -0.0168. The van der Waals surface area contributed by atoms with Crippen molar-refractivity contribution in [1.82, 2.24) is 10.2 Å². The summed E-state index contributed by atoms with van der Waals surface area (Å²) in [4.78, 5) is 23.4. The summed E-state index contributed by atoms with van der Waals surface area (Å²) in [5.74, 6) is 0. The van der Waals surface area contributed by atoms with E-state index in [2.05, 4.69) is 14.8 Å². The third-order valence-corrected chi connectivity index (χ3v) is 2.05. The monoisotopic (exact) mass is 229 g/mol. The van der Waals surface area contributed by atoms with Crippen LogP contribution in [0.5, 0.6) is 0 Å². The highest BCUT2D eigenvalue weighted by Crippen LogP contribution is 2.03. The number of nitrogens with zero attached hydrogens (tertiary/aromatic N) is 1. The van der Waals surface area contributed by atoms with Crippen LogP contribution in [0.4, 0.5) is 9.59 Å². The van der Waals surface area contributed by atoms with Crippen molar-refractivity contribution in [1.29, 1.82) is 0 Å². The summed E-state index contributed by atoms with van der Waals surface area (Å²) in [7, 11) is 1.24. The molecule has 7 nitrogen and oxygen atoms in total. The van der Waals surface area contributed by atoms with E-state index in [0.717, 1.165) is 0 Å². The molecule has 0 saturated heterocycles. The first-order valence-electron chi connectivity index (χ1n) is 4.85. The average molecular weight is 229 g/mol. The fourth-order valence-corrected chi connectivity index (χ4v) is 1.24. The first-order valence-corrected chi connectivity index (χ1v) is 4.85. The first kappa shape index (κ1) is 12.3. The fourth-order valence-electron chi connectivity index (χ4n) is 1.24. The standard InChI is InChI=1S/C9H15N3O4/c1-15-9(14)16-6-2-5-12-7(10)3-4-11-8(12)13/h3-4,7H,2,5-6,10H2,1H3,(H,11,13). The molecule has 0 radical (unpaired) electrons. The molecule has 1 aliphatic heterocycles. The van der Waals surface area contributed by atoms with Crippen LogP contribution in [-0.4, -0.2) is 43.5 Å². The number of nitrogens with one attached hydrogen (secondary N) is 1. The van der Waals surface area contributed by atoms with Crippen molar-refractivity contribution in [3.8, 4) is 0 Å². The molecule has 16 heavy (non-hydrogen) atoms. The third kappa shape index (κ3) is 3.43. The minimum Gasteiger partial charge on any atom is -0.438 e. The van der Waals surface area contributed by atoms with Crippen LogP contribution < -0.4 is 11.1 Å². The largest absolute Gasteiger partial charge is 0.507 e. The van der Waals surface area contributed by atoms with Crippen molar-refractivity contribution in [2.75, 3.05) is 20.3 Å². The number of ether oxygens (including phenoxy) is 2. The summed E-state index contributed by atoms with van der Waals surface area (Å²) in [5, 5.41) is 2.52. The Morgan fingerprint density at radius 1 is 1.69 bits per heavy atom. The molecule has 1 rings (SSSR count). The van der Waals surface area contributed by atoms with Crippen LogP contribution in [0.15, 0.2) is 12.3 Å². The van der Waals surface area contributed by atoms with Crippen molar-refractivity contribution in [3.63, 3.8) is 0 Å². The quantitative estimate of drug-likeness (QED) is 0.522. The van der Waals surface area contributed by atoms with Gasteiger partial charge in [0, 0.05) is 12.7 Å². The van der Waals surface area contributed by atoms with E-state index in [1.54, 1.807) is 6.08 Å². The molecule has 1 atom stereocenters. The second kappa shape index (κ2) is 5.96. The lowest BCUT2D eigenvalue weighted by molar-refractivity contribution is 0.0695. The van der Waals surface area contributed by atoms with E-state index < -0.39 is 12.3 Å². The molecular formula is C9H15N3O4. The molecule has 0 fully saturated rings. The Morgan fingerprint density at radius 2 is 2.44 bits per heavy atom. The Hall–Kier alpha value is -1.76. The Kier molecular flexibility index (Phi) is 4.59. The van der Waals surface area contributed by atoms with Gasteiger partial charge in [-0.25, -0.2) is 9.59 Å². The number of carbonyl (C=O) groups is 2. The van der Waals surface area contributed by atoms with Gasteiger partial charge in [0.25, 0.3) is 0 Å². The number of urea groups is 1. The van der Waals surface area contributed by atoms with Crippen LogP contribution in [-0.2, 0) is 9.47 Å². The first-order chi connectivity index (χ1) is 7.65. The van der Waals surface area contributed by atoms with Gasteiger partial charge in [0.1, 0.15) is 6.17 Å². The fraction of sp³-hybridized carbons (Fsp3) is 0.556. The number of amides is 2. The van der Waals surface area contributed by atoms with Crippen LogP contribution in [0.2, 0.25) is 0 Å². The molecule has 7 heteroatoms. The van der Waals surface area contributed by atoms with Gasteiger partial charge in [-0.3, -0.25) is 0 Å². The van der Waals surface area contributed by atoms with E-state index in [4.69, 9.17) is 5.73 Å². The molecule has 1 heterocycles. The summed E-state index contributed by atoms with van der Waals surface area (Å²) >= 11 is 0. The number of hydrogen-bond acceptors (Lipinski definition) is 5. The van der Waals surface area contributed by atoms with Crippen molar-refractivity contribution in [2.24, 2.45) is 5.73 Å². The van der Waals surface area contributed by atoms with Crippen molar-refractivity contribution < 1.29 is 19.1 Å². The molecule has 1 unspecified atom stereocenters. The Balaban J connectivity index is 2.24. The van der Waals surface area contributed by atoms with E-state index >= 15 is 0 Å². The summed E-state index contributed by atoms with van der Waals surface area (Å²) in [6, 6.07) is -0.256. The highest BCUT2D eigenvalue weighted by Gasteiger charge is 2.20. The van der Waals surface area contributed by atoms with Crippen molar-refractivity contribution in [2.45, 2.75) is 12.6 Å². The van der Waals surface area contributed by atoms with E-state index in [1.165, 1.54) is 18.2 Å². The van der Waals surface area contributed by atoms with E-state index in [9.17, 15) is 9.59 Å². The van der Waals surface area contributed by atoms with Crippen molar-refractivity contribution >= 4 is 12.2 Å². The van der Waals surface area contributed by atoms with Gasteiger partial charge >= 0.3 is 12.2 Å². The lowest BCUT2D eigenvalue weighted by Gasteiger charge is -2.29. The molecule has 0 aliphatic carbocycles. The molecule has 0 aromatic rings. The number of methoxy groups -OCH3 is 1. The maximum atomic E-state index is 11.3. The highest BCUT2D eigenvalue weighted by molar-refractivity contribution is 5.76. The molecule has 0 saturated carbocycles. The van der Waals surface area contributed by atoms with Crippen LogP contribution in [0.3, 0.4) is 0 Å². The van der Waals surface area contributed by atoms with Gasteiger partial charge in [0.2, 0.25) is 0 Å². The molecule has 1 aliphatic rings. The Labute approximate surface area is 93.2 Å². The zero-order chi connectivity index (χ0) is 12.0. The molecule has 90 valence electrons. The second-order valence-corrected chi connectivity index (χ2v) is 3.15. The molecule has 0 aromatic carbocycles. The summed E-state index contributed by atoms with van der Waals surface area (Å²) < 4.78 is 8.97. The minimum atomic E-state index is -0.729. The predicted molar refractivity (Wildman–Crippen MR) is 55.3 cm³/mol. The van der Waals surface area contributed by atoms with Gasteiger partial charge in [0.05, 0.1) is 13.7 Å². The zero-order valence-electron chi connectivity index (χ0n) is 9.01. The zero-order valence-corrected chi connectivity index (χ0v) is 9.01. The molecule has 2 amide bonds. The van der Waals surface area contributed by atoms with Crippen LogP contribution >= 0.6 is 0 Å². The molecule has 0 spiro atoms. The number of hydrogen-bond donors (Lipinski definition) is 2. The van der Waals surface area contributed by atoms with Crippen molar-refractivity contribution in [3.05, 3.63) is 12.3 Å². The molecule has 0 aromatic heterocycles. The topological polar surface area (TPSA) is 93.9 Å². The smallest absolute Gasteiger partial charge is 0.438 e. The minimum absolute atomic E-state index is 0.187. The van der Waals surface area contributed by atoms with E-state index in [1.807, 2.05) is 0 Å². The molecular weight excluding hydrogens is 214 g/mol. The molecule has 0 bridgehead atoms. The van der Waals surface area contributed by atoms with Gasteiger partial charge in [-0.15, -0.1) is 0 Å². The van der Waals surface area contributed by atoms with E-state index in [0.29, 0.717) is 13.0 Å². The maximum Gasteiger partial charge on any atom is 0.507 e. The second-order valence-electron chi connectivity index (χ2n) is 3.15. The summed E-state index contributed by atoms with van der Waals surface area (Å²) in [6.45, 7) is 0.598. The van der Waals surface area contributed by atoms with Gasteiger partial charge < -0.3 is 25.4 Å².